The number of benzene rings is 1. The maximum Gasteiger partial charge on any atom is 0.266 e. The zero-order chi connectivity index (χ0) is 22.7. The fraction of sp³-hybridized carbons (Fsp3) is 0.348. The minimum absolute atomic E-state index is 0.0721. The van der Waals surface area contributed by atoms with Crippen molar-refractivity contribution in [1.29, 1.82) is 0 Å². The van der Waals surface area contributed by atoms with Crippen LogP contribution in [0.1, 0.15) is 45.0 Å². The van der Waals surface area contributed by atoms with Crippen LogP contribution in [0.2, 0.25) is 5.28 Å². The van der Waals surface area contributed by atoms with E-state index in [2.05, 4.69) is 53.0 Å². The summed E-state index contributed by atoms with van der Waals surface area (Å²) >= 11 is 5.68. The van der Waals surface area contributed by atoms with Gasteiger partial charge in [-0.3, -0.25) is 9.89 Å². The zero-order valence-corrected chi connectivity index (χ0v) is 19.1. The Morgan fingerprint density at radius 1 is 1.06 bits per heavy atom. The van der Waals surface area contributed by atoms with Crippen molar-refractivity contribution < 1.29 is 4.74 Å². The van der Waals surface area contributed by atoms with Crippen molar-refractivity contribution in [3.63, 3.8) is 0 Å². The van der Waals surface area contributed by atoms with Crippen molar-refractivity contribution in [2.75, 3.05) is 6.61 Å². The van der Waals surface area contributed by atoms with Crippen molar-refractivity contribution in [2.24, 2.45) is 0 Å². The first-order valence-corrected chi connectivity index (χ1v) is 10.9. The maximum atomic E-state index is 11.9. The van der Waals surface area contributed by atoms with Gasteiger partial charge in [-0.15, -0.1) is 0 Å². The number of aromatic amines is 1. The van der Waals surface area contributed by atoms with Crippen molar-refractivity contribution in [3.05, 3.63) is 69.8 Å². The summed E-state index contributed by atoms with van der Waals surface area (Å²) in [5, 5.41) is 2.97. The van der Waals surface area contributed by atoms with Crippen LogP contribution in [0.5, 0.6) is 5.75 Å². The Labute approximate surface area is 190 Å². The van der Waals surface area contributed by atoms with E-state index in [-0.39, 0.29) is 16.3 Å². The number of H-pyrrole nitrogens is 1. The lowest BCUT2D eigenvalue weighted by Crippen LogP contribution is -2.11. The smallest absolute Gasteiger partial charge is 0.266 e. The third kappa shape index (κ3) is 5.13. The van der Waals surface area contributed by atoms with E-state index >= 15 is 0 Å². The van der Waals surface area contributed by atoms with Gasteiger partial charge in [0.15, 0.2) is 17.2 Å². The third-order valence-electron chi connectivity index (χ3n) is 5.09. The second-order valence-electron chi connectivity index (χ2n) is 8.60. The second-order valence-corrected chi connectivity index (χ2v) is 8.94. The molecule has 0 saturated heterocycles. The molecule has 0 bridgehead atoms. The van der Waals surface area contributed by atoms with E-state index in [1.54, 1.807) is 16.9 Å². The van der Waals surface area contributed by atoms with Crippen LogP contribution in [0.4, 0.5) is 0 Å². The first-order valence-electron chi connectivity index (χ1n) is 10.5. The minimum atomic E-state index is -0.202. The van der Waals surface area contributed by atoms with Gasteiger partial charge < -0.3 is 4.74 Å². The largest absolute Gasteiger partial charge is 0.490 e. The van der Waals surface area contributed by atoms with Gasteiger partial charge in [0.1, 0.15) is 5.82 Å². The number of aryl methyl sites for hydroxylation is 1. The van der Waals surface area contributed by atoms with Gasteiger partial charge in [0.2, 0.25) is 5.28 Å². The molecule has 1 N–H and O–H groups in total. The minimum Gasteiger partial charge on any atom is -0.490 e. The predicted octanol–water partition coefficient (Wildman–Crippen LogP) is 4.23. The van der Waals surface area contributed by atoms with E-state index in [4.69, 9.17) is 21.3 Å². The highest BCUT2D eigenvalue weighted by Crippen LogP contribution is 2.25. The molecule has 0 amide bonds. The molecule has 4 aromatic rings. The quantitative estimate of drug-likeness (QED) is 0.333. The number of nitrogens with zero attached hydrogens (tertiary/aromatic N) is 5. The molecule has 3 heterocycles. The van der Waals surface area contributed by atoms with Gasteiger partial charge in [-0.05, 0) is 35.4 Å². The lowest BCUT2D eigenvalue weighted by atomic mass is 9.87. The molecule has 0 aliphatic heterocycles. The second kappa shape index (κ2) is 9.08. The first-order chi connectivity index (χ1) is 15.3. The predicted molar refractivity (Wildman–Crippen MR) is 123 cm³/mol. The number of aromatic nitrogens is 6. The van der Waals surface area contributed by atoms with Gasteiger partial charge in [0.05, 0.1) is 19.0 Å². The monoisotopic (exact) mass is 452 g/mol. The molecular formula is C23H25ClN6O2. The Morgan fingerprint density at radius 3 is 2.47 bits per heavy atom. The van der Waals surface area contributed by atoms with Crippen molar-refractivity contribution in [1.82, 2.24) is 29.5 Å². The average molecular weight is 453 g/mol. The van der Waals surface area contributed by atoms with Crippen molar-refractivity contribution >= 4 is 17.2 Å². The molecule has 4 rings (SSSR count). The summed E-state index contributed by atoms with van der Waals surface area (Å²) < 4.78 is 7.30. The van der Waals surface area contributed by atoms with Gasteiger partial charge in [-0.1, -0.05) is 45.0 Å². The van der Waals surface area contributed by atoms with Crippen molar-refractivity contribution in [2.45, 2.75) is 45.4 Å². The highest BCUT2D eigenvalue weighted by Gasteiger charge is 2.15. The van der Waals surface area contributed by atoms with Gasteiger partial charge in [0.25, 0.3) is 5.56 Å². The molecule has 0 radical (unpaired) electrons. The number of rotatable bonds is 7. The van der Waals surface area contributed by atoms with Gasteiger partial charge in [-0.25, -0.2) is 24.5 Å². The van der Waals surface area contributed by atoms with Crippen LogP contribution in [0.25, 0.3) is 17.0 Å². The van der Waals surface area contributed by atoms with E-state index in [1.807, 2.05) is 12.1 Å². The lowest BCUT2D eigenvalue weighted by Gasteiger charge is -2.19. The molecule has 0 unspecified atom stereocenters. The summed E-state index contributed by atoms with van der Waals surface area (Å²) in [7, 11) is 0. The number of fused-ring (bicyclic) bond motifs is 1. The van der Waals surface area contributed by atoms with E-state index in [0.717, 1.165) is 24.2 Å². The highest BCUT2D eigenvalue weighted by atomic mass is 35.5. The Bertz CT molecular complexity index is 1260. The van der Waals surface area contributed by atoms with Gasteiger partial charge in [-0.2, -0.15) is 0 Å². The number of halogens is 1. The highest BCUT2D eigenvalue weighted by molar-refractivity contribution is 6.28. The van der Waals surface area contributed by atoms with Crippen LogP contribution in [0.15, 0.2) is 47.5 Å². The molecule has 0 aliphatic rings. The Balaban J connectivity index is 1.48. The molecule has 3 aromatic heterocycles. The van der Waals surface area contributed by atoms with Crippen LogP contribution in [-0.2, 0) is 11.8 Å². The fourth-order valence-corrected chi connectivity index (χ4v) is 3.43. The standard InChI is InChI=1S/C23H25ClN6O2/c1-23(2,3)16-9-7-15(8-10-16)21-27-18(30-19(28-21)12-20(31)29-30)6-4-5-11-32-17-13-25-22(24)26-14-17/h7-10,12-14H,4-6,11H2,1-3H3,(H,29,31). The van der Waals surface area contributed by atoms with Gasteiger partial charge in [0, 0.05) is 18.1 Å². The molecule has 0 atom stereocenters. The van der Waals surface area contributed by atoms with E-state index < -0.39 is 0 Å². The molecule has 8 nitrogen and oxygen atoms in total. The first kappa shape index (κ1) is 22.0. The maximum absolute atomic E-state index is 11.9. The summed E-state index contributed by atoms with van der Waals surface area (Å²) in [5.74, 6) is 1.94. The van der Waals surface area contributed by atoms with Crippen LogP contribution >= 0.6 is 11.6 Å². The molecule has 0 aliphatic carbocycles. The lowest BCUT2D eigenvalue weighted by molar-refractivity contribution is 0.304. The van der Waals surface area contributed by atoms with Crippen LogP contribution < -0.4 is 10.3 Å². The Hall–Kier alpha value is -3.26. The molecule has 9 heteroatoms. The zero-order valence-electron chi connectivity index (χ0n) is 18.3. The molecular weight excluding hydrogens is 428 g/mol. The molecule has 1 aromatic carbocycles. The van der Waals surface area contributed by atoms with Crippen LogP contribution in [0.3, 0.4) is 0 Å². The van der Waals surface area contributed by atoms with Crippen LogP contribution in [0, 0.1) is 0 Å². The average Bonchev–Trinajstić information content (AvgIpc) is 3.14. The number of ether oxygens (including phenoxy) is 1. The number of hydrogen-bond donors (Lipinski definition) is 1. The Morgan fingerprint density at radius 2 is 1.78 bits per heavy atom. The van der Waals surface area contributed by atoms with Gasteiger partial charge >= 0.3 is 0 Å². The normalized spacial score (nSPS) is 11.8. The van der Waals surface area contributed by atoms with E-state index in [1.165, 1.54) is 11.6 Å². The number of nitrogens with one attached hydrogen (secondary N) is 1. The topological polar surface area (TPSA) is 98.1 Å². The summed E-state index contributed by atoms with van der Waals surface area (Å²) in [6.45, 7) is 7.05. The molecule has 0 saturated carbocycles. The summed E-state index contributed by atoms with van der Waals surface area (Å²) in [4.78, 5) is 29.0. The van der Waals surface area contributed by atoms with E-state index in [0.29, 0.717) is 30.2 Å². The molecule has 0 fully saturated rings. The summed E-state index contributed by atoms with van der Waals surface area (Å²) in [6, 6.07) is 9.75. The van der Waals surface area contributed by atoms with E-state index in [9.17, 15) is 4.79 Å². The fourth-order valence-electron chi connectivity index (χ4n) is 3.33. The molecule has 166 valence electrons. The van der Waals surface area contributed by atoms with Crippen LogP contribution in [-0.4, -0.2) is 36.2 Å². The molecule has 0 spiro atoms. The summed E-state index contributed by atoms with van der Waals surface area (Å²) in [5.41, 5.74) is 2.59. The Kier molecular flexibility index (Phi) is 6.23. The number of unbranched alkanes of at least 4 members (excludes halogenated alkanes) is 1. The molecule has 32 heavy (non-hydrogen) atoms. The number of hydrogen-bond acceptors (Lipinski definition) is 6. The SMILES string of the molecule is CC(C)(C)c1ccc(-c2nc(CCCCOc3cnc(Cl)nc3)n3[nH]c(=O)cc3n2)cc1. The summed E-state index contributed by atoms with van der Waals surface area (Å²) in [6.07, 6.45) is 5.38. The third-order valence-corrected chi connectivity index (χ3v) is 5.29. The van der Waals surface area contributed by atoms with Crippen molar-refractivity contribution in [3.8, 4) is 17.1 Å².